The third-order valence-electron chi connectivity index (χ3n) is 4.58. The Morgan fingerprint density at radius 1 is 1.11 bits per heavy atom. The van der Waals surface area contributed by atoms with Crippen molar-refractivity contribution in [2.24, 2.45) is 0 Å². The number of ether oxygens (including phenoxy) is 1. The van der Waals surface area contributed by atoms with E-state index in [2.05, 4.69) is 35.2 Å². The van der Waals surface area contributed by atoms with Crippen LogP contribution < -0.4 is 15.0 Å². The quantitative estimate of drug-likeness (QED) is 0.810. The molecule has 2 aromatic carbocycles. The first-order valence-electron chi connectivity index (χ1n) is 8.84. The molecule has 7 heteroatoms. The van der Waals surface area contributed by atoms with E-state index in [1.165, 1.54) is 5.69 Å². The Morgan fingerprint density at radius 2 is 1.85 bits per heavy atom. The molecule has 1 N–H and O–H groups in total. The number of nitrogens with zero attached hydrogens (tertiary/aromatic N) is 2. The Bertz CT molecular complexity index is 821. The molecule has 1 aliphatic rings. The molecular weight excluding hydrogens is 385 g/mol. The molecule has 0 saturated carbocycles. The number of carbonyl (C=O) groups is 1. The van der Waals surface area contributed by atoms with Gasteiger partial charge < -0.3 is 19.9 Å². The number of nitrogens with one attached hydrogen (secondary N) is 1. The van der Waals surface area contributed by atoms with Crippen LogP contribution in [0, 0.1) is 6.92 Å². The zero-order chi connectivity index (χ0) is 19.4. The van der Waals surface area contributed by atoms with Crippen molar-refractivity contribution in [1.29, 1.82) is 0 Å². The molecule has 0 atom stereocenters. The Labute approximate surface area is 169 Å². The molecule has 5 nitrogen and oxygen atoms in total. The van der Waals surface area contributed by atoms with Crippen molar-refractivity contribution in [3.05, 3.63) is 52.0 Å². The maximum Gasteiger partial charge on any atom is 0.262 e. The minimum Gasteiger partial charge on any atom is -0.482 e. The molecule has 1 saturated heterocycles. The van der Waals surface area contributed by atoms with Crippen LogP contribution in [0.2, 0.25) is 10.0 Å². The van der Waals surface area contributed by atoms with E-state index in [4.69, 9.17) is 27.9 Å². The molecule has 0 unspecified atom stereocenters. The molecule has 0 aliphatic carbocycles. The van der Waals surface area contributed by atoms with E-state index >= 15 is 0 Å². The summed E-state index contributed by atoms with van der Waals surface area (Å²) in [6, 6.07) is 10.9. The van der Waals surface area contributed by atoms with E-state index in [0.717, 1.165) is 37.4 Å². The topological polar surface area (TPSA) is 44.8 Å². The van der Waals surface area contributed by atoms with Crippen LogP contribution in [0.25, 0.3) is 0 Å². The number of hydrogen-bond acceptors (Lipinski definition) is 4. The second kappa shape index (κ2) is 8.83. The van der Waals surface area contributed by atoms with Gasteiger partial charge in [-0.05, 0) is 55.9 Å². The van der Waals surface area contributed by atoms with Gasteiger partial charge in [-0.1, -0.05) is 23.2 Å². The monoisotopic (exact) mass is 407 g/mol. The van der Waals surface area contributed by atoms with Gasteiger partial charge in [0.1, 0.15) is 5.75 Å². The molecule has 2 aromatic rings. The smallest absolute Gasteiger partial charge is 0.262 e. The van der Waals surface area contributed by atoms with Crippen molar-refractivity contribution in [1.82, 2.24) is 4.90 Å². The van der Waals surface area contributed by atoms with Gasteiger partial charge >= 0.3 is 0 Å². The summed E-state index contributed by atoms with van der Waals surface area (Å²) in [4.78, 5) is 16.9. The van der Waals surface area contributed by atoms with Crippen molar-refractivity contribution < 1.29 is 9.53 Å². The van der Waals surface area contributed by atoms with Crippen LogP contribution in [0.3, 0.4) is 0 Å². The Balaban J connectivity index is 1.57. The fourth-order valence-corrected chi connectivity index (χ4v) is 3.53. The highest BCUT2D eigenvalue weighted by Crippen LogP contribution is 2.28. The molecule has 1 fully saturated rings. The van der Waals surface area contributed by atoms with Crippen LogP contribution in [0.1, 0.15) is 5.56 Å². The summed E-state index contributed by atoms with van der Waals surface area (Å²) >= 11 is 11.9. The highest BCUT2D eigenvalue weighted by atomic mass is 35.5. The number of aryl methyl sites for hydroxylation is 1. The van der Waals surface area contributed by atoms with Crippen LogP contribution in [0.15, 0.2) is 36.4 Å². The molecule has 0 spiro atoms. The Hall–Kier alpha value is -1.95. The maximum absolute atomic E-state index is 12.2. The first kappa shape index (κ1) is 19.8. The summed E-state index contributed by atoms with van der Waals surface area (Å²) in [5, 5.41) is 3.76. The number of piperazine rings is 1. The van der Waals surface area contributed by atoms with Gasteiger partial charge in [-0.2, -0.15) is 0 Å². The number of halogens is 2. The molecule has 27 heavy (non-hydrogen) atoms. The maximum atomic E-state index is 12.2. The third-order valence-corrected chi connectivity index (χ3v) is 5.11. The lowest BCUT2D eigenvalue weighted by Gasteiger charge is -2.35. The summed E-state index contributed by atoms with van der Waals surface area (Å²) in [6.45, 7) is 6.08. The van der Waals surface area contributed by atoms with Gasteiger partial charge in [0.05, 0.1) is 5.02 Å². The number of likely N-dealkylation sites (N-methyl/N-ethyl adjacent to an activating group) is 1. The summed E-state index contributed by atoms with van der Waals surface area (Å²) in [5.41, 5.74) is 3.10. The Morgan fingerprint density at radius 3 is 2.52 bits per heavy atom. The lowest BCUT2D eigenvalue weighted by atomic mass is 10.1. The van der Waals surface area contributed by atoms with Crippen LogP contribution in [-0.2, 0) is 4.79 Å². The second-order valence-electron chi connectivity index (χ2n) is 6.70. The number of carbonyl (C=O) groups excluding carboxylic acids is 1. The van der Waals surface area contributed by atoms with Gasteiger partial charge in [-0.15, -0.1) is 0 Å². The van der Waals surface area contributed by atoms with Crippen LogP contribution in [0.4, 0.5) is 11.4 Å². The first-order chi connectivity index (χ1) is 12.9. The summed E-state index contributed by atoms with van der Waals surface area (Å²) in [7, 11) is 2.14. The summed E-state index contributed by atoms with van der Waals surface area (Å²) in [5.74, 6) is 0.186. The van der Waals surface area contributed by atoms with Gasteiger partial charge in [0.15, 0.2) is 6.61 Å². The van der Waals surface area contributed by atoms with Crippen LogP contribution in [-0.4, -0.2) is 50.6 Å². The van der Waals surface area contributed by atoms with Gasteiger partial charge in [-0.25, -0.2) is 0 Å². The van der Waals surface area contributed by atoms with E-state index < -0.39 is 0 Å². The number of amides is 1. The van der Waals surface area contributed by atoms with Crippen molar-refractivity contribution in [2.75, 3.05) is 50.1 Å². The van der Waals surface area contributed by atoms with Gasteiger partial charge in [0.25, 0.3) is 5.91 Å². The van der Waals surface area contributed by atoms with E-state index in [1.807, 2.05) is 12.1 Å². The second-order valence-corrected chi connectivity index (χ2v) is 7.55. The number of hydrogen-bond donors (Lipinski definition) is 1. The average molecular weight is 408 g/mol. The van der Waals surface area contributed by atoms with E-state index in [0.29, 0.717) is 15.8 Å². The summed E-state index contributed by atoms with van der Waals surface area (Å²) in [6.07, 6.45) is 0. The molecular formula is C20H23Cl2N3O2. The molecule has 144 valence electrons. The third kappa shape index (κ3) is 5.28. The minimum atomic E-state index is -0.243. The zero-order valence-electron chi connectivity index (χ0n) is 15.5. The van der Waals surface area contributed by atoms with E-state index in [-0.39, 0.29) is 12.5 Å². The predicted octanol–water partition coefficient (Wildman–Crippen LogP) is 4.07. The lowest BCUT2D eigenvalue weighted by molar-refractivity contribution is -0.118. The van der Waals surface area contributed by atoms with Gasteiger partial charge in [0, 0.05) is 42.6 Å². The SMILES string of the molecule is Cc1cc(NC(=O)COc2ccc(Cl)cc2Cl)ccc1N1CCN(C)CC1. The standard InChI is InChI=1S/C20H23Cl2N3O2/c1-14-11-16(4-5-18(14)25-9-7-24(2)8-10-25)23-20(26)13-27-19-6-3-15(21)12-17(19)22/h3-6,11-12H,7-10,13H2,1-2H3,(H,23,26). The summed E-state index contributed by atoms with van der Waals surface area (Å²) < 4.78 is 5.47. The van der Waals surface area contributed by atoms with Crippen molar-refractivity contribution >= 4 is 40.5 Å². The van der Waals surface area contributed by atoms with E-state index in [9.17, 15) is 4.79 Å². The van der Waals surface area contributed by atoms with Crippen molar-refractivity contribution in [2.45, 2.75) is 6.92 Å². The highest BCUT2D eigenvalue weighted by Gasteiger charge is 2.16. The first-order valence-corrected chi connectivity index (χ1v) is 9.60. The normalized spacial score (nSPS) is 14.9. The molecule has 1 heterocycles. The lowest BCUT2D eigenvalue weighted by Crippen LogP contribution is -2.44. The number of benzene rings is 2. The minimum absolute atomic E-state index is 0.124. The molecule has 1 aliphatic heterocycles. The molecule has 0 aromatic heterocycles. The molecule has 0 bridgehead atoms. The van der Waals surface area contributed by atoms with Gasteiger partial charge in [0.2, 0.25) is 0 Å². The molecule has 0 radical (unpaired) electrons. The molecule has 3 rings (SSSR count). The van der Waals surface area contributed by atoms with Crippen molar-refractivity contribution in [3.63, 3.8) is 0 Å². The van der Waals surface area contributed by atoms with Gasteiger partial charge in [-0.3, -0.25) is 4.79 Å². The van der Waals surface area contributed by atoms with Crippen LogP contribution in [0.5, 0.6) is 5.75 Å². The van der Waals surface area contributed by atoms with Crippen molar-refractivity contribution in [3.8, 4) is 5.75 Å². The fourth-order valence-electron chi connectivity index (χ4n) is 3.07. The number of rotatable bonds is 5. The largest absolute Gasteiger partial charge is 0.482 e. The number of anilines is 2. The Kier molecular flexibility index (Phi) is 6.47. The predicted molar refractivity (Wildman–Crippen MR) is 111 cm³/mol. The zero-order valence-corrected chi connectivity index (χ0v) is 17.0. The fraction of sp³-hybridized carbons (Fsp3) is 0.350. The highest BCUT2D eigenvalue weighted by molar-refractivity contribution is 6.35. The van der Waals surface area contributed by atoms with E-state index in [1.54, 1.807) is 18.2 Å². The average Bonchev–Trinajstić information content (AvgIpc) is 2.62. The molecule has 1 amide bonds. The van der Waals surface area contributed by atoms with Crippen LogP contribution >= 0.6 is 23.2 Å².